The zero-order valence-corrected chi connectivity index (χ0v) is 15.5. The molecule has 1 aromatic heterocycles. The van der Waals surface area contributed by atoms with Crippen molar-refractivity contribution in [3.63, 3.8) is 0 Å². The fourth-order valence-electron chi connectivity index (χ4n) is 3.44. The molecule has 1 aromatic carbocycles. The first-order chi connectivity index (χ1) is 12.3. The number of aromatic amines is 1. The van der Waals surface area contributed by atoms with E-state index in [0.29, 0.717) is 23.3 Å². The summed E-state index contributed by atoms with van der Waals surface area (Å²) in [5, 5.41) is 0.375. The number of amides is 1. The summed E-state index contributed by atoms with van der Waals surface area (Å²) in [6, 6.07) is 5.00. The van der Waals surface area contributed by atoms with Crippen LogP contribution in [0.15, 0.2) is 27.8 Å². The lowest BCUT2D eigenvalue weighted by atomic mass is 9.91. The summed E-state index contributed by atoms with van der Waals surface area (Å²) < 4.78 is 6.56. The lowest BCUT2D eigenvalue weighted by molar-refractivity contribution is -0.140. The number of nitrogens with zero attached hydrogens (tertiary/aromatic N) is 2. The smallest absolute Gasteiger partial charge is 0.328 e. The van der Waals surface area contributed by atoms with Crippen LogP contribution in [0.4, 0.5) is 0 Å². The van der Waals surface area contributed by atoms with Crippen molar-refractivity contribution in [2.75, 3.05) is 19.7 Å². The number of ether oxygens (including phenoxy) is 1. The molecule has 1 fully saturated rings. The Balaban J connectivity index is 1.99. The molecular formula is C19H25N3O4. The van der Waals surface area contributed by atoms with Gasteiger partial charge in [-0.3, -0.25) is 14.2 Å². The minimum atomic E-state index is -0.841. The summed E-state index contributed by atoms with van der Waals surface area (Å²) in [5.41, 5.74) is -1.29. The lowest BCUT2D eigenvalue weighted by Gasteiger charge is -2.29. The molecule has 7 nitrogen and oxygen atoms in total. The number of carbonyl (C=O) groups is 1. The maximum atomic E-state index is 12.9. The third-order valence-electron chi connectivity index (χ3n) is 4.79. The van der Waals surface area contributed by atoms with E-state index in [2.05, 4.69) is 4.98 Å². The van der Waals surface area contributed by atoms with Gasteiger partial charge in [-0.15, -0.1) is 0 Å². The van der Waals surface area contributed by atoms with Crippen molar-refractivity contribution in [1.82, 2.24) is 14.5 Å². The van der Waals surface area contributed by atoms with E-state index in [9.17, 15) is 14.4 Å². The maximum absolute atomic E-state index is 12.9. The molecule has 0 aliphatic carbocycles. The van der Waals surface area contributed by atoms with E-state index in [1.54, 1.807) is 32.0 Å². The number of nitrogens with one attached hydrogen (secondary N) is 1. The van der Waals surface area contributed by atoms with Gasteiger partial charge in [-0.2, -0.15) is 0 Å². The number of aromatic nitrogens is 2. The van der Waals surface area contributed by atoms with Gasteiger partial charge in [0.15, 0.2) is 0 Å². The normalized spacial score (nSPS) is 14.8. The molecule has 0 bridgehead atoms. The molecule has 1 amide bonds. The number of carbonyl (C=O) groups excluding carboxylic acids is 1. The lowest BCUT2D eigenvalue weighted by Crippen LogP contribution is -2.46. The second kappa shape index (κ2) is 6.97. The molecule has 1 aliphatic rings. The van der Waals surface area contributed by atoms with E-state index in [1.165, 1.54) is 0 Å². The third-order valence-corrected chi connectivity index (χ3v) is 4.79. The summed E-state index contributed by atoms with van der Waals surface area (Å²) in [4.78, 5) is 42.6. The van der Waals surface area contributed by atoms with Crippen LogP contribution in [0.5, 0.6) is 5.75 Å². The van der Waals surface area contributed by atoms with Crippen LogP contribution in [-0.2, 0) is 11.3 Å². The summed E-state index contributed by atoms with van der Waals surface area (Å²) in [7, 11) is 0. The van der Waals surface area contributed by atoms with E-state index in [4.69, 9.17) is 4.74 Å². The Labute approximate surface area is 151 Å². The number of hydrogen-bond donors (Lipinski definition) is 1. The highest BCUT2D eigenvalue weighted by Crippen LogP contribution is 2.24. The molecule has 26 heavy (non-hydrogen) atoms. The number of benzene rings is 1. The fraction of sp³-hybridized carbons (Fsp3) is 0.526. The largest absolute Gasteiger partial charge is 0.494 e. The Bertz CT molecular complexity index is 936. The van der Waals surface area contributed by atoms with Gasteiger partial charge in [-0.05, 0) is 51.8 Å². The van der Waals surface area contributed by atoms with Crippen LogP contribution >= 0.6 is 0 Å². The summed E-state index contributed by atoms with van der Waals surface area (Å²) in [5.74, 6) is 0.549. The van der Waals surface area contributed by atoms with Crippen molar-refractivity contribution in [2.45, 2.75) is 40.2 Å². The van der Waals surface area contributed by atoms with Crippen molar-refractivity contribution in [1.29, 1.82) is 0 Å². The van der Waals surface area contributed by atoms with Gasteiger partial charge >= 0.3 is 5.69 Å². The first-order valence-corrected chi connectivity index (χ1v) is 9.02. The highest BCUT2D eigenvalue weighted by Gasteiger charge is 2.34. The Morgan fingerprint density at radius 1 is 1.23 bits per heavy atom. The van der Waals surface area contributed by atoms with Crippen LogP contribution in [-0.4, -0.2) is 40.1 Å². The molecule has 0 atom stereocenters. The van der Waals surface area contributed by atoms with Crippen LogP contribution in [0.3, 0.4) is 0 Å². The molecular weight excluding hydrogens is 334 g/mol. The average Bonchev–Trinajstić information content (AvgIpc) is 3.13. The fourth-order valence-corrected chi connectivity index (χ4v) is 3.44. The summed E-state index contributed by atoms with van der Waals surface area (Å²) >= 11 is 0. The van der Waals surface area contributed by atoms with E-state index in [-0.39, 0.29) is 12.5 Å². The quantitative estimate of drug-likeness (QED) is 0.881. The second-order valence-electron chi connectivity index (χ2n) is 7.35. The molecule has 0 unspecified atom stereocenters. The predicted octanol–water partition coefficient (Wildman–Crippen LogP) is 1.74. The Morgan fingerprint density at radius 3 is 2.58 bits per heavy atom. The number of rotatable bonds is 5. The monoisotopic (exact) mass is 359 g/mol. The van der Waals surface area contributed by atoms with Gasteiger partial charge in [-0.1, -0.05) is 0 Å². The van der Waals surface area contributed by atoms with Crippen molar-refractivity contribution >= 4 is 16.8 Å². The van der Waals surface area contributed by atoms with E-state index in [0.717, 1.165) is 30.5 Å². The van der Waals surface area contributed by atoms with Crippen LogP contribution in [0.2, 0.25) is 0 Å². The van der Waals surface area contributed by atoms with E-state index >= 15 is 0 Å². The van der Waals surface area contributed by atoms with Gasteiger partial charge in [-0.25, -0.2) is 4.79 Å². The van der Waals surface area contributed by atoms with E-state index < -0.39 is 16.7 Å². The molecule has 0 spiro atoms. The Hall–Kier alpha value is -2.57. The van der Waals surface area contributed by atoms with Gasteiger partial charge < -0.3 is 14.6 Å². The topological polar surface area (TPSA) is 84.4 Å². The second-order valence-corrected chi connectivity index (χ2v) is 7.35. The first-order valence-electron chi connectivity index (χ1n) is 9.02. The van der Waals surface area contributed by atoms with Gasteiger partial charge in [0.1, 0.15) is 5.75 Å². The standard InChI is InChI=1S/C19H25N3O4/c1-4-26-13-7-8-15-14(11-13)16(23)22(18(25)20-15)12-19(2,3)17(24)21-9-5-6-10-21/h7-8,11H,4-6,9-10,12H2,1-3H3,(H,20,25). The van der Waals surface area contributed by atoms with Crippen LogP contribution in [0.25, 0.3) is 10.9 Å². The Kier molecular flexibility index (Phi) is 4.89. The predicted molar refractivity (Wildman–Crippen MR) is 99.6 cm³/mol. The molecule has 2 heterocycles. The number of hydrogen-bond acceptors (Lipinski definition) is 4. The summed E-state index contributed by atoms with van der Waals surface area (Å²) in [6.45, 7) is 7.42. The van der Waals surface area contributed by atoms with Crippen molar-refractivity contribution < 1.29 is 9.53 Å². The van der Waals surface area contributed by atoms with Crippen molar-refractivity contribution in [2.24, 2.45) is 5.41 Å². The molecule has 0 saturated carbocycles. The number of H-pyrrole nitrogens is 1. The molecule has 3 rings (SSSR count). The van der Waals surface area contributed by atoms with E-state index in [1.807, 2.05) is 11.8 Å². The molecule has 0 radical (unpaired) electrons. The van der Waals surface area contributed by atoms with Crippen molar-refractivity contribution in [3.05, 3.63) is 39.0 Å². The van der Waals surface area contributed by atoms with Gasteiger partial charge in [0.25, 0.3) is 5.56 Å². The van der Waals surface area contributed by atoms with Crippen molar-refractivity contribution in [3.8, 4) is 5.75 Å². The minimum Gasteiger partial charge on any atom is -0.494 e. The zero-order chi connectivity index (χ0) is 18.9. The highest BCUT2D eigenvalue weighted by molar-refractivity contribution is 5.82. The van der Waals surface area contributed by atoms with Crippen LogP contribution in [0.1, 0.15) is 33.6 Å². The van der Waals surface area contributed by atoms with Gasteiger partial charge in [0.05, 0.1) is 22.9 Å². The average molecular weight is 359 g/mol. The molecule has 2 aromatic rings. The number of likely N-dealkylation sites (tertiary alicyclic amines) is 1. The molecule has 1 N–H and O–H groups in total. The molecule has 1 saturated heterocycles. The SMILES string of the molecule is CCOc1ccc2[nH]c(=O)n(CC(C)(C)C(=O)N3CCCC3)c(=O)c2c1. The number of fused-ring (bicyclic) bond motifs is 1. The third kappa shape index (κ3) is 3.38. The van der Waals surface area contributed by atoms with Crippen LogP contribution in [0, 0.1) is 5.41 Å². The molecule has 1 aliphatic heterocycles. The van der Waals surface area contributed by atoms with Gasteiger partial charge in [0, 0.05) is 19.6 Å². The molecule has 7 heteroatoms. The van der Waals surface area contributed by atoms with Crippen LogP contribution < -0.4 is 16.0 Å². The highest BCUT2D eigenvalue weighted by atomic mass is 16.5. The van der Waals surface area contributed by atoms with Gasteiger partial charge in [0.2, 0.25) is 5.91 Å². The Morgan fingerprint density at radius 2 is 1.92 bits per heavy atom. The maximum Gasteiger partial charge on any atom is 0.328 e. The minimum absolute atomic E-state index is 0.0236. The zero-order valence-electron chi connectivity index (χ0n) is 15.5. The molecule has 140 valence electrons. The summed E-state index contributed by atoms with van der Waals surface area (Å²) in [6.07, 6.45) is 2.00. The first kappa shape index (κ1) is 18.2.